The van der Waals surface area contributed by atoms with Crippen LogP contribution in [0.5, 0.6) is 0 Å². The predicted molar refractivity (Wildman–Crippen MR) is 152 cm³/mol. The first-order chi connectivity index (χ1) is 19.6. The smallest absolute Gasteiger partial charge is 0.241 e. The first-order valence-electron chi connectivity index (χ1n) is 13.3. The Morgan fingerprint density at radius 1 is 1.22 bits per heavy atom. The summed E-state index contributed by atoms with van der Waals surface area (Å²) >= 11 is 0. The second-order valence-electron chi connectivity index (χ2n) is 10.9. The van der Waals surface area contributed by atoms with Crippen LogP contribution in [0.25, 0.3) is 22.2 Å². The van der Waals surface area contributed by atoms with Gasteiger partial charge in [0.05, 0.1) is 48.0 Å². The van der Waals surface area contributed by atoms with E-state index in [0.717, 1.165) is 49.1 Å². The summed E-state index contributed by atoms with van der Waals surface area (Å²) in [5, 5.41) is 6.59. The third-order valence-corrected chi connectivity index (χ3v) is 8.83. The van der Waals surface area contributed by atoms with E-state index in [1.165, 1.54) is 18.2 Å². The second kappa shape index (κ2) is 10.2. The molecule has 0 radical (unpaired) electrons. The SMILES string of the molecule is CC[C@H](C(=O)Nc1cncc2c(-c3nc(Nc4cccc(S(C)(=O)=O)c4F)ncc3C)c[nH]c12)N1CC2(COC2)C1. The molecule has 2 saturated heterocycles. The topological polar surface area (TPSA) is 142 Å². The number of hydrogen-bond acceptors (Lipinski definition) is 9. The van der Waals surface area contributed by atoms with E-state index in [1.807, 2.05) is 13.8 Å². The molecule has 1 atom stereocenters. The number of halogens is 1. The number of aromatic nitrogens is 4. The van der Waals surface area contributed by atoms with Gasteiger partial charge in [0.15, 0.2) is 15.7 Å². The van der Waals surface area contributed by atoms with Crippen molar-refractivity contribution in [2.45, 2.75) is 31.2 Å². The Balaban J connectivity index is 1.26. The summed E-state index contributed by atoms with van der Waals surface area (Å²) in [6, 6.07) is 3.83. The van der Waals surface area contributed by atoms with E-state index in [2.05, 4.69) is 35.5 Å². The molecule has 1 amide bonds. The minimum absolute atomic E-state index is 0.0586. The number of nitrogens with zero attached hydrogens (tertiary/aromatic N) is 4. The van der Waals surface area contributed by atoms with Crippen molar-refractivity contribution in [2.24, 2.45) is 5.41 Å². The number of ether oxygens (including phenoxy) is 1. The number of anilines is 3. The van der Waals surface area contributed by atoms with Crippen LogP contribution >= 0.6 is 0 Å². The standard InChI is InChI=1S/C28H30FN7O4S/c1-4-21(36-12-28(13-36)14-40-15-28)26(37)33-20-11-30-9-17-18(10-31-25(17)20)24-16(2)8-32-27(35-24)34-19-6-5-7-22(23(19)29)41(3,38)39/h5-11,21,31H,4,12-15H2,1-3H3,(H,33,37)(H,32,34,35)/t21-/m1/s1. The molecule has 3 aromatic heterocycles. The highest BCUT2D eigenvalue weighted by Crippen LogP contribution is 2.39. The van der Waals surface area contributed by atoms with Crippen LogP contribution in [0.15, 0.2) is 47.9 Å². The zero-order valence-electron chi connectivity index (χ0n) is 22.9. The van der Waals surface area contributed by atoms with E-state index in [0.29, 0.717) is 23.3 Å². The van der Waals surface area contributed by atoms with Crippen LogP contribution in [-0.4, -0.2) is 77.8 Å². The number of fused-ring (bicyclic) bond motifs is 1. The maximum absolute atomic E-state index is 14.9. The summed E-state index contributed by atoms with van der Waals surface area (Å²) in [4.78, 5) is 31.5. The van der Waals surface area contributed by atoms with Gasteiger partial charge in [-0.1, -0.05) is 13.0 Å². The van der Waals surface area contributed by atoms with Gasteiger partial charge in [0.2, 0.25) is 11.9 Å². The van der Waals surface area contributed by atoms with Crippen LogP contribution in [0.4, 0.5) is 21.7 Å². The van der Waals surface area contributed by atoms with Gasteiger partial charge in [-0.15, -0.1) is 0 Å². The number of rotatable bonds is 8. The second-order valence-corrected chi connectivity index (χ2v) is 12.8. The zero-order valence-corrected chi connectivity index (χ0v) is 23.7. The quantitative estimate of drug-likeness (QED) is 0.285. The molecule has 6 rings (SSSR count). The Labute approximate surface area is 236 Å². The molecule has 4 aromatic rings. The fourth-order valence-electron chi connectivity index (χ4n) is 5.56. The van der Waals surface area contributed by atoms with Crippen LogP contribution in [-0.2, 0) is 19.4 Å². The van der Waals surface area contributed by atoms with Gasteiger partial charge < -0.3 is 20.4 Å². The summed E-state index contributed by atoms with van der Waals surface area (Å²) < 4.78 is 44.2. The molecule has 2 aliphatic rings. The van der Waals surface area contributed by atoms with Crippen LogP contribution in [0.1, 0.15) is 18.9 Å². The van der Waals surface area contributed by atoms with Crippen molar-refractivity contribution in [3.8, 4) is 11.3 Å². The average molecular weight is 580 g/mol. The maximum Gasteiger partial charge on any atom is 0.241 e. The van der Waals surface area contributed by atoms with Crippen molar-refractivity contribution in [3.05, 3.63) is 54.4 Å². The van der Waals surface area contributed by atoms with Crippen molar-refractivity contribution in [1.29, 1.82) is 0 Å². The zero-order chi connectivity index (χ0) is 28.9. The van der Waals surface area contributed by atoms with Crippen LogP contribution < -0.4 is 10.6 Å². The number of carbonyl (C=O) groups is 1. The van der Waals surface area contributed by atoms with Gasteiger partial charge in [-0.05, 0) is 31.0 Å². The van der Waals surface area contributed by atoms with Gasteiger partial charge in [-0.25, -0.2) is 22.8 Å². The highest BCUT2D eigenvalue weighted by atomic mass is 32.2. The lowest BCUT2D eigenvalue weighted by Gasteiger charge is -2.57. The van der Waals surface area contributed by atoms with Gasteiger partial charge >= 0.3 is 0 Å². The Morgan fingerprint density at radius 3 is 2.68 bits per heavy atom. The first kappa shape index (κ1) is 27.2. The third-order valence-electron chi connectivity index (χ3n) is 7.71. The van der Waals surface area contributed by atoms with E-state index in [-0.39, 0.29) is 29.0 Å². The number of pyridine rings is 1. The number of sulfone groups is 1. The monoisotopic (exact) mass is 579 g/mol. The molecule has 1 spiro atoms. The summed E-state index contributed by atoms with van der Waals surface area (Å²) in [6.45, 7) is 7.10. The Bertz CT molecular complexity index is 1760. The number of aryl methyl sites for hydroxylation is 1. The number of benzene rings is 1. The lowest BCUT2D eigenvalue weighted by molar-refractivity contribution is -0.198. The van der Waals surface area contributed by atoms with Gasteiger partial charge in [-0.2, -0.15) is 0 Å². The van der Waals surface area contributed by atoms with E-state index in [4.69, 9.17) is 4.74 Å². The Kier molecular flexibility index (Phi) is 6.75. The third kappa shape index (κ3) is 4.94. The van der Waals surface area contributed by atoms with Crippen molar-refractivity contribution >= 4 is 44.0 Å². The van der Waals surface area contributed by atoms with E-state index in [9.17, 15) is 17.6 Å². The molecule has 41 heavy (non-hydrogen) atoms. The fraction of sp³-hybridized carbons (Fsp3) is 0.357. The van der Waals surface area contributed by atoms with Crippen LogP contribution in [0.2, 0.25) is 0 Å². The molecule has 11 nitrogen and oxygen atoms in total. The van der Waals surface area contributed by atoms with Crippen molar-refractivity contribution in [3.63, 3.8) is 0 Å². The Hall–Kier alpha value is -3.94. The highest BCUT2D eigenvalue weighted by molar-refractivity contribution is 7.90. The number of aromatic amines is 1. The molecule has 1 aromatic carbocycles. The molecule has 0 unspecified atom stereocenters. The lowest BCUT2D eigenvalue weighted by Crippen LogP contribution is -2.69. The number of nitrogens with one attached hydrogen (secondary N) is 3. The molecule has 3 N–H and O–H groups in total. The highest BCUT2D eigenvalue weighted by Gasteiger charge is 2.51. The van der Waals surface area contributed by atoms with Crippen LogP contribution in [0.3, 0.4) is 0 Å². The molecule has 0 aliphatic carbocycles. The van der Waals surface area contributed by atoms with Crippen molar-refractivity contribution in [1.82, 2.24) is 24.8 Å². The molecule has 2 aliphatic heterocycles. The number of hydrogen-bond donors (Lipinski definition) is 3. The van der Waals surface area contributed by atoms with E-state index >= 15 is 0 Å². The predicted octanol–water partition coefficient (Wildman–Crippen LogP) is 3.66. The lowest BCUT2D eigenvalue weighted by atomic mass is 9.77. The molecule has 13 heteroatoms. The fourth-order valence-corrected chi connectivity index (χ4v) is 6.32. The van der Waals surface area contributed by atoms with Crippen LogP contribution in [0, 0.1) is 18.2 Å². The summed E-state index contributed by atoms with van der Waals surface area (Å²) in [7, 11) is -3.75. The molecular formula is C28H30FN7O4S. The number of amides is 1. The first-order valence-corrected chi connectivity index (χ1v) is 15.1. The van der Waals surface area contributed by atoms with Crippen molar-refractivity contribution in [2.75, 3.05) is 43.2 Å². The van der Waals surface area contributed by atoms with Crippen molar-refractivity contribution < 1.29 is 22.3 Å². The van der Waals surface area contributed by atoms with E-state index < -0.39 is 20.5 Å². The molecule has 5 heterocycles. The summed E-state index contributed by atoms with van der Waals surface area (Å²) in [5.74, 6) is -0.898. The molecule has 0 bridgehead atoms. The van der Waals surface area contributed by atoms with Gasteiger partial charge in [-0.3, -0.25) is 14.7 Å². The van der Waals surface area contributed by atoms with E-state index in [1.54, 1.807) is 24.8 Å². The largest absolute Gasteiger partial charge is 0.380 e. The van der Waals surface area contributed by atoms with Gasteiger partial charge in [0.1, 0.15) is 4.90 Å². The molecule has 214 valence electrons. The number of carbonyl (C=O) groups excluding carboxylic acids is 1. The average Bonchev–Trinajstić information content (AvgIpc) is 3.31. The number of H-pyrrole nitrogens is 1. The Morgan fingerprint density at radius 2 is 2.00 bits per heavy atom. The minimum atomic E-state index is -3.75. The maximum atomic E-state index is 14.9. The number of likely N-dealkylation sites (tertiary alicyclic amines) is 1. The van der Waals surface area contributed by atoms with Gasteiger partial charge in [0, 0.05) is 54.3 Å². The molecular weight excluding hydrogens is 549 g/mol. The minimum Gasteiger partial charge on any atom is -0.380 e. The summed E-state index contributed by atoms with van der Waals surface area (Å²) in [6.07, 6.45) is 8.31. The molecule has 2 fully saturated rings. The molecule has 0 saturated carbocycles. The van der Waals surface area contributed by atoms with Gasteiger partial charge in [0.25, 0.3) is 0 Å². The summed E-state index contributed by atoms with van der Waals surface area (Å²) in [5.41, 5.74) is 3.46. The normalized spacial score (nSPS) is 17.2.